The molecule has 0 saturated heterocycles. The summed E-state index contributed by atoms with van der Waals surface area (Å²) in [6.45, 7) is 2.26. The van der Waals surface area contributed by atoms with Gasteiger partial charge in [0, 0.05) is 5.41 Å². The summed E-state index contributed by atoms with van der Waals surface area (Å²) < 4.78 is 4.96. The maximum absolute atomic E-state index is 4.46. The summed E-state index contributed by atoms with van der Waals surface area (Å²) >= 11 is 4.88. The van der Waals surface area contributed by atoms with Gasteiger partial charge in [-0.3, -0.25) is 0 Å². The van der Waals surface area contributed by atoms with Gasteiger partial charge in [-0.05, 0) is 46.7 Å². The maximum Gasteiger partial charge on any atom is 0.209 e. The van der Waals surface area contributed by atoms with Crippen molar-refractivity contribution in [3.8, 4) is 0 Å². The normalized spacial score (nSPS) is 20.8. The fraction of sp³-hybridized carbons (Fsp3) is 0.778. The van der Waals surface area contributed by atoms with E-state index in [9.17, 15) is 0 Å². The van der Waals surface area contributed by atoms with Gasteiger partial charge in [-0.15, -0.1) is 0 Å². The molecule has 2 nitrogen and oxygen atoms in total. The Morgan fingerprint density at radius 2 is 2.15 bits per heavy atom. The molecule has 0 aromatic carbocycles. The zero-order valence-electron chi connectivity index (χ0n) is 7.72. The van der Waals surface area contributed by atoms with Crippen LogP contribution in [0.5, 0.6) is 0 Å². The summed E-state index contributed by atoms with van der Waals surface area (Å²) in [4.78, 5) is 4.46. The number of nitrogens with zero attached hydrogens (tertiary/aromatic N) is 2. The lowest BCUT2D eigenvalue weighted by molar-refractivity contribution is 0.422. The largest absolute Gasteiger partial charge is 0.213 e. The average Bonchev–Trinajstić information content (AvgIpc) is 2.73. The second-order valence-corrected chi connectivity index (χ2v) is 5.17. The van der Waals surface area contributed by atoms with Crippen LogP contribution in [0.15, 0.2) is 4.73 Å². The van der Waals surface area contributed by atoms with E-state index in [1.165, 1.54) is 37.1 Å². The van der Waals surface area contributed by atoms with Gasteiger partial charge in [-0.25, -0.2) is 4.98 Å². The van der Waals surface area contributed by atoms with E-state index in [0.717, 1.165) is 4.73 Å². The molecular weight excluding hydrogens is 248 g/mol. The van der Waals surface area contributed by atoms with Crippen LogP contribution in [0.1, 0.15) is 44.0 Å². The van der Waals surface area contributed by atoms with Crippen molar-refractivity contribution in [3.05, 3.63) is 9.74 Å². The number of aromatic nitrogens is 2. The molecule has 0 bridgehead atoms. The highest BCUT2D eigenvalue weighted by Crippen LogP contribution is 2.44. The molecular formula is C9H13BrN2S. The highest BCUT2D eigenvalue weighted by molar-refractivity contribution is 9.10. The number of hydrogen-bond acceptors (Lipinski definition) is 3. The molecule has 1 aromatic rings. The molecule has 0 amide bonds. The van der Waals surface area contributed by atoms with Gasteiger partial charge >= 0.3 is 0 Å². The Labute approximate surface area is 91.1 Å². The van der Waals surface area contributed by atoms with Gasteiger partial charge in [0.05, 0.1) is 0 Å². The second kappa shape index (κ2) is 3.65. The minimum atomic E-state index is 0.365. The van der Waals surface area contributed by atoms with Gasteiger partial charge in [-0.2, -0.15) is 4.37 Å². The Balaban J connectivity index is 2.30. The second-order valence-electron chi connectivity index (χ2n) is 3.71. The zero-order chi connectivity index (χ0) is 9.31. The molecule has 0 aliphatic heterocycles. The highest BCUT2D eigenvalue weighted by atomic mass is 79.9. The van der Waals surface area contributed by atoms with Gasteiger partial charge in [0.25, 0.3) is 0 Å². The summed E-state index contributed by atoms with van der Waals surface area (Å²) in [7, 11) is 0. The summed E-state index contributed by atoms with van der Waals surface area (Å²) in [5.41, 5.74) is 0.365. The first-order chi connectivity index (χ1) is 6.27. The van der Waals surface area contributed by atoms with E-state index < -0.39 is 0 Å². The van der Waals surface area contributed by atoms with Gasteiger partial charge < -0.3 is 0 Å². The van der Waals surface area contributed by atoms with Crippen LogP contribution >= 0.6 is 27.5 Å². The van der Waals surface area contributed by atoms with E-state index in [2.05, 4.69) is 32.2 Å². The summed E-state index contributed by atoms with van der Waals surface area (Å²) in [6, 6.07) is 0. The third-order valence-corrected chi connectivity index (χ3v) is 4.64. The Hall–Kier alpha value is 0.0400. The monoisotopic (exact) mass is 260 g/mol. The molecule has 2 rings (SSSR count). The van der Waals surface area contributed by atoms with Crippen LogP contribution in [0.2, 0.25) is 0 Å². The molecule has 1 saturated carbocycles. The van der Waals surface area contributed by atoms with E-state index in [0.29, 0.717) is 5.41 Å². The molecule has 1 fully saturated rings. The van der Waals surface area contributed by atoms with Crippen LogP contribution in [-0.4, -0.2) is 9.36 Å². The van der Waals surface area contributed by atoms with Crippen molar-refractivity contribution >= 4 is 27.5 Å². The van der Waals surface area contributed by atoms with E-state index in [4.69, 9.17) is 0 Å². The van der Waals surface area contributed by atoms with E-state index in [-0.39, 0.29) is 0 Å². The van der Waals surface area contributed by atoms with Crippen LogP contribution in [0, 0.1) is 0 Å². The lowest BCUT2D eigenvalue weighted by atomic mass is 9.84. The Morgan fingerprint density at radius 1 is 1.46 bits per heavy atom. The first-order valence-electron chi connectivity index (χ1n) is 4.76. The van der Waals surface area contributed by atoms with Crippen LogP contribution in [-0.2, 0) is 5.41 Å². The molecule has 13 heavy (non-hydrogen) atoms. The van der Waals surface area contributed by atoms with E-state index in [1.54, 1.807) is 11.5 Å². The molecule has 72 valence electrons. The fourth-order valence-corrected chi connectivity index (χ4v) is 3.58. The average molecular weight is 261 g/mol. The van der Waals surface area contributed by atoms with Gasteiger partial charge in [0.15, 0.2) is 0 Å². The smallest absolute Gasteiger partial charge is 0.209 e. The SMILES string of the molecule is CCC1(c2nc(Br)ns2)CCCC1. The first-order valence-corrected chi connectivity index (χ1v) is 6.33. The van der Waals surface area contributed by atoms with Crippen molar-refractivity contribution in [3.63, 3.8) is 0 Å². The molecule has 1 aliphatic carbocycles. The topological polar surface area (TPSA) is 25.8 Å². The Bertz CT molecular complexity index is 292. The Morgan fingerprint density at radius 3 is 2.62 bits per heavy atom. The number of rotatable bonds is 2. The van der Waals surface area contributed by atoms with Gasteiger partial charge in [0.2, 0.25) is 4.73 Å². The summed E-state index contributed by atoms with van der Waals surface area (Å²) in [6.07, 6.45) is 6.50. The van der Waals surface area contributed by atoms with Gasteiger partial charge in [0.1, 0.15) is 5.01 Å². The predicted molar refractivity (Wildman–Crippen MR) is 58.0 cm³/mol. The van der Waals surface area contributed by atoms with Crippen molar-refractivity contribution in [1.29, 1.82) is 0 Å². The first kappa shape index (κ1) is 9.59. The number of hydrogen-bond donors (Lipinski definition) is 0. The summed E-state index contributed by atoms with van der Waals surface area (Å²) in [5.74, 6) is 0. The molecule has 0 spiro atoms. The lowest BCUT2D eigenvalue weighted by Gasteiger charge is -2.23. The molecule has 1 aromatic heterocycles. The minimum absolute atomic E-state index is 0.365. The highest BCUT2D eigenvalue weighted by Gasteiger charge is 2.36. The van der Waals surface area contributed by atoms with Gasteiger partial charge in [-0.1, -0.05) is 19.8 Å². The van der Waals surface area contributed by atoms with Crippen molar-refractivity contribution in [1.82, 2.24) is 9.36 Å². The molecule has 1 heterocycles. The van der Waals surface area contributed by atoms with Crippen LogP contribution < -0.4 is 0 Å². The molecule has 1 aliphatic rings. The maximum atomic E-state index is 4.46. The van der Waals surface area contributed by atoms with Crippen molar-refractivity contribution in [2.75, 3.05) is 0 Å². The molecule has 0 N–H and O–H groups in total. The van der Waals surface area contributed by atoms with Crippen LogP contribution in [0.4, 0.5) is 0 Å². The fourth-order valence-electron chi connectivity index (χ4n) is 2.19. The van der Waals surface area contributed by atoms with E-state index >= 15 is 0 Å². The third-order valence-electron chi connectivity index (χ3n) is 3.09. The van der Waals surface area contributed by atoms with Crippen molar-refractivity contribution in [2.45, 2.75) is 44.4 Å². The number of halogens is 1. The molecule has 0 atom stereocenters. The van der Waals surface area contributed by atoms with Crippen LogP contribution in [0.3, 0.4) is 0 Å². The molecule has 0 radical (unpaired) electrons. The summed E-state index contributed by atoms with van der Waals surface area (Å²) in [5, 5.41) is 1.24. The third kappa shape index (κ3) is 1.66. The standard InChI is InChI=1S/C9H13BrN2S/c1-2-9(5-3-4-6-9)7-11-8(10)12-13-7/h2-6H2,1H3. The predicted octanol–water partition coefficient (Wildman–Crippen LogP) is 3.52. The Kier molecular flexibility index (Phi) is 2.70. The molecule has 4 heteroatoms. The zero-order valence-corrected chi connectivity index (χ0v) is 10.1. The van der Waals surface area contributed by atoms with Crippen LogP contribution in [0.25, 0.3) is 0 Å². The lowest BCUT2D eigenvalue weighted by Crippen LogP contribution is -2.20. The van der Waals surface area contributed by atoms with Crippen molar-refractivity contribution < 1.29 is 0 Å². The van der Waals surface area contributed by atoms with E-state index in [1.807, 2.05) is 0 Å². The minimum Gasteiger partial charge on any atom is -0.213 e. The quantitative estimate of drug-likeness (QED) is 0.814. The van der Waals surface area contributed by atoms with Crippen molar-refractivity contribution in [2.24, 2.45) is 0 Å². The molecule has 0 unspecified atom stereocenters.